The monoisotopic (exact) mass is 155 g/mol. The van der Waals surface area contributed by atoms with E-state index in [9.17, 15) is 9.18 Å². The molecule has 0 bridgehead atoms. The molecule has 58 valence electrons. The quantitative estimate of drug-likeness (QED) is 0.597. The number of anilines is 1. The molecule has 0 radical (unpaired) electrons. The smallest absolute Gasteiger partial charge is 0.338 e. The van der Waals surface area contributed by atoms with E-state index in [1.165, 1.54) is 6.07 Å². The molecule has 0 saturated carbocycles. The number of rotatable bonds is 1. The normalized spacial score (nSPS) is 9.55. The number of carboxylic acids is 1. The highest BCUT2D eigenvalue weighted by atomic mass is 19.1. The van der Waals surface area contributed by atoms with Crippen LogP contribution in [0.2, 0.25) is 0 Å². The van der Waals surface area contributed by atoms with Crippen molar-refractivity contribution in [1.82, 2.24) is 0 Å². The average molecular weight is 155 g/mol. The number of nitrogens with two attached hydrogens (primary N) is 1. The molecule has 4 heteroatoms. The molecule has 0 heterocycles. The summed E-state index contributed by atoms with van der Waals surface area (Å²) < 4.78 is 12.6. The van der Waals surface area contributed by atoms with Gasteiger partial charge in [-0.05, 0) is 18.2 Å². The Morgan fingerprint density at radius 1 is 1.55 bits per heavy atom. The number of hydrogen-bond donors (Lipinski definition) is 2. The minimum Gasteiger partial charge on any atom is -0.478 e. The third-order valence-corrected chi connectivity index (χ3v) is 1.22. The van der Waals surface area contributed by atoms with Crippen molar-refractivity contribution in [2.75, 3.05) is 5.73 Å². The Hall–Kier alpha value is -1.58. The van der Waals surface area contributed by atoms with E-state index < -0.39 is 11.8 Å². The second-order valence-corrected chi connectivity index (χ2v) is 2.04. The maximum atomic E-state index is 12.6. The summed E-state index contributed by atoms with van der Waals surface area (Å²) in [5, 5.41) is 8.38. The lowest BCUT2D eigenvalue weighted by atomic mass is 10.2. The number of hydrogen-bond acceptors (Lipinski definition) is 2. The summed E-state index contributed by atoms with van der Waals surface area (Å²) in [5.41, 5.74) is 5.05. The highest BCUT2D eigenvalue weighted by molar-refractivity contribution is 5.88. The molecule has 1 aromatic carbocycles. The fourth-order valence-electron chi connectivity index (χ4n) is 0.705. The minimum absolute atomic E-state index is 0.215. The van der Waals surface area contributed by atoms with Gasteiger partial charge in [-0.25, -0.2) is 9.18 Å². The van der Waals surface area contributed by atoms with Gasteiger partial charge in [0.05, 0.1) is 5.56 Å². The van der Waals surface area contributed by atoms with Crippen molar-refractivity contribution in [1.29, 1.82) is 0 Å². The largest absolute Gasteiger partial charge is 0.478 e. The predicted molar refractivity (Wildman–Crippen MR) is 37.8 cm³/mol. The summed E-state index contributed by atoms with van der Waals surface area (Å²) in [5.74, 6) is -2.10. The first-order chi connectivity index (χ1) is 5.11. The topological polar surface area (TPSA) is 63.3 Å². The van der Waals surface area contributed by atoms with E-state index in [1.54, 1.807) is 0 Å². The molecule has 0 saturated heterocycles. The van der Waals surface area contributed by atoms with E-state index in [4.69, 9.17) is 10.8 Å². The highest BCUT2D eigenvalue weighted by Gasteiger charge is 2.08. The molecule has 0 unspecified atom stereocenters. The van der Waals surface area contributed by atoms with Gasteiger partial charge in [-0.3, -0.25) is 0 Å². The molecule has 0 atom stereocenters. The van der Waals surface area contributed by atoms with E-state index in [1.807, 2.05) is 0 Å². The van der Waals surface area contributed by atoms with Gasteiger partial charge < -0.3 is 10.8 Å². The zero-order valence-electron chi connectivity index (χ0n) is 5.54. The van der Waals surface area contributed by atoms with E-state index in [0.717, 1.165) is 12.1 Å². The third-order valence-electron chi connectivity index (χ3n) is 1.22. The molecular formula is C7H6FNO2. The summed E-state index contributed by atoms with van der Waals surface area (Å²) >= 11 is 0. The number of aromatic carboxylic acids is 1. The van der Waals surface area contributed by atoms with Crippen LogP contribution in [-0.2, 0) is 0 Å². The van der Waals surface area contributed by atoms with Gasteiger partial charge in [0.2, 0.25) is 0 Å². The number of nitrogen functional groups attached to an aromatic ring is 1. The number of carboxylic acid groups (broad SMARTS) is 1. The van der Waals surface area contributed by atoms with Crippen LogP contribution in [-0.4, -0.2) is 11.1 Å². The fraction of sp³-hybridized carbons (Fsp3) is 0. The summed E-state index contributed by atoms with van der Waals surface area (Å²) in [6.45, 7) is 0. The van der Waals surface area contributed by atoms with Crippen LogP contribution in [0.3, 0.4) is 0 Å². The van der Waals surface area contributed by atoms with Gasteiger partial charge in [-0.2, -0.15) is 0 Å². The molecule has 0 aliphatic rings. The molecule has 0 spiro atoms. The van der Waals surface area contributed by atoms with Crippen LogP contribution >= 0.6 is 0 Å². The summed E-state index contributed by atoms with van der Waals surface area (Å²) in [6, 6.07) is 3.45. The Morgan fingerprint density at radius 2 is 2.18 bits per heavy atom. The zero-order valence-corrected chi connectivity index (χ0v) is 5.54. The summed E-state index contributed by atoms with van der Waals surface area (Å²) in [6.07, 6.45) is 0. The summed E-state index contributed by atoms with van der Waals surface area (Å²) in [7, 11) is 0. The van der Waals surface area contributed by atoms with Crippen LogP contribution in [0.1, 0.15) is 10.4 Å². The maximum absolute atomic E-state index is 12.6. The molecule has 3 N–H and O–H groups in total. The van der Waals surface area contributed by atoms with Crippen molar-refractivity contribution >= 4 is 11.7 Å². The number of benzene rings is 1. The first-order valence-corrected chi connectivity index (χ1v) is 2.89. The van der Waals surface area contributed by atoms with Gasteiger partial charge in [-0.15, -0.1) is 0 Å². The minimum atomic E-state index is -1.29. The van der Waals surface area contributed by atoms with Crippen LogP contribution in [0, 0.1) is 5.82 Å². The van der Waals surface area contributed by atoms with E-state index in [0.29, 0.717) is 0 Å². The van der Waals surface area contributed by atoms with Crippen LogP contribution in [0.25, 0.3) is 0 Å². The Bertz CT molecular complexity index is 298. The van der Waals surface area contributed by atoms with Gasteiger partial charge in [0, 0.05) is 5.69 Å². The van der Waals surface area contributed by atoms with Crippen LogP contribution in [0.15, 0.2) is 18.2 Å². The van der Waals surface area contributed by atoms with Gasteiger partial charge in [0.1, 0.15) is 5.82 Å². The molecule has 0 aliphatic carbocycles. The second kappa shape index (κ2) is 2.57. The molecule has 0 fully saturated rings. The maximum Gasteiger partial charge on any atom is 0.338 e. The number of carbonyl (C=O) groups is 1. The Labute approximate surface area is 62.3 Å². The second-order valence-electron chi connectivity index (χ2n) is 2.04. The predicted octanol–water partition coefficient (Wildman–Crippen LogP) is 1.11. The molecule has 0 aliphatic heterocycles. The van der Waals surface area contributed by atoms with Gasteiger partial charge in [0.15, 0.2) is 0 Å². The molecule has 0 aromatic heterocycles. The average Bonchev–Trinajstić information content (AvgIpc) is 1.85. The first kappa shape index (κ1) is 7.53. The molecule has 1 rings (SSSR count). The standard InChI is InChI=1S/C7H6FNO2/c8-6-3-4(9)1-2-5(6)7(10)11/h1-3H,9H2,(H,10,11)/i8+0. The Morgan fingerprint density at radius 3 is 2.64 bits per heavy atom. The van der Waals surface area contributed by atoms with Gasteiger partial charge >= 0.3 is 5.97 Å². The highest BCUT2D eigenvalue weighted by Crippen LogP contribution is 2.10. The van der Waals surface area contributed by atoms with Gasteiger partial charge in [0.25, 0.3) is 0 Å². The molecule has 3 nitrogen and oxygen atoms in total. The molecule has 1 aromatic rings. The van der Waals surface area contributed by atoms with Crippen LogP contribution in [0.4, 0.5) is 10.1 Å². The van der Waals surface area contributed by atoms with E-state index in [2.05, 4.69) is 0 Å². The van der Waals surface area contributed by atoms with Crippen molar-refractivity contribution in [2.24, 2.45) is 0 Å². The molecular weight excluding hydrogens is 149 g/mol. The molecule has 11 heavy (non-hydrogen) atoms. The third kappa shape index (κ3) is 1.46. The van der Waals surface area contributed by atoms with Gasteiger partial charge in [-0.1, -0.05) is 0 Å². The Balaban J connectivity index is 3.20. The van der Waals surface area contributed by atoms with Crippen molar-refractivity contribution in [3.8, 4) is 0 Å². The molecule has 0 amide bonds. The van der Waals surface area contributed by atoms with Crippen molar-refractivity contribution in [2.45, 2.75) is 0 Å². The van der Waals surface area contributed by atoms with Crippen LogP contribution in [0.5, 0.6) is 0 Å². The first-order valence-electron chi connectivity index (χ1n) is 2.89. The lowest BCUT2D eigenvalue weighted by Crippen LogP contribution is -2.00. The zero-order chi connectivity index (χ0) is 8.43. The van der Waals surface area contributed by atoms with E-state index >= 15 is 0 Å². The van der Waals surface area contributed by atoms with Crippen molar-refractivity contribution in [3.05, 3.63) is 29.6 Å². The summed E-state index contributed by atoms with van der Waals surface area (Å²) in [4.78, 5) is 10.3. The SMILES string of the molecule is Nc1ccc(C(=O)O)c([19F])c1. The number of halogens is 1. The van der Waals surface area contributed by atoms with Crippen LogP contribution < -0.4 is 5.73 Å². The van der Waals surface area contributed by atoms with Crippen molar-refractivity contribution < 1.29 is 14.3 Å². The lowest BCUT2D eigenvalue weighted by Gasteiger charge is -1.96. The lowest BCUT2D eigenvalue weighted by molar-refractivity contribution is 0.0692. The fourth-order valence-corrected chi connectivity index (χ4v) is 0.705. The van der Waals surface area contributed by atoms with E-state index in [-0.39, 0.29) is 11.3 Å². The van der Waals surface area contributed by atoms with Crippen molar-refractivity contribution in [3.63, 3.8) is 0 Å². The Kier molecular flexibility index (Phi) is 1.76.